The predicted molar refractivity (Wildman–Crippen MR) is 124 cm³/mol. The van der Waals surface area contributed by atoms with Crippen molar-refractivity contribution in [1.29, 1.82) is 0 Å². The number of alkyl halides is 3. The lowest BCUT2D eigenvalue weighted by molar-refractivity contribution is -0.185. The minimum absolute atomic E-state index is 0.0227. The molecule has 0 radical (unpaired) electrons. The average Bonchev–Trinajstić information content (AvgIpc) is 2.75. The van der Waals surface area contributed by atoms with Crippen molar-refractivity contribution in [3.63, 3.8) is 0 Å². The van der Waals surface area contributed by atoms with Crippen LogP contribution in [-0.4, -0.2) is 23.9 Å². The summed E-state index contributed by atoms with van der Waals surface area (Å²) in [5, 5.41) is 14.0. The number of aryl methyl sites for hydroxylation is 1. The quantitative estimate of drug-likeness (QED) is 0.425. The number of hydrogen-bond acceptors (Lipinski definition) is 2. The molecule has 1 atom stereocenters. The first-order chi connectivity index (χ1) is 15.8. The zero-order valence-corrected chi connectivity index (χ0v) is 20.0. The van der Waals surface area contributed by atoms with E-state index in [0.717, 1.165) is 17.2 Å². The van der Waals surface area contributed by atoms with Crippen LogP contribution in [0.5, 0.6) is 0 Å². The summed E-state index contributed by atoms with van der Waals surface area (Å²) in [6.45, 7) is 6.44. The smallest absolute Gasteiger partial charge is 0.391 e. The number of aliphatic hydroxyl groups is 1. The van der Waals surface area contributed by atoms with E-state index in [1.165, 1.54) is 12.1 Å². The molecule has 0 aromatic heterocycles. The number of halogens is 5. The third kappa shape index (κ3) is 6.79. The van der Waals surface area contributed by atoms with E-state index < -0.39 is 35.4 Å². The number of rotatable bonds is 7. The Hall–Kier alpha value is -1.99. The SMILES string of the molecule is CC(C)(C)c1cccc(C2(NCC(O)CCc3cc(F)cc(F)c3)CCC(C(F)(F)F)CC2)c1. The Bertz CT molecular complexity index is 938. The van der Waals surface area contributed by atoms with E-state index >= 15 is 0 Å². The molecule has 2 nitrogen and oxygen atoms in total. The second-order valence-electron chi connectivity index (χ2n) is 10.6. The maximum Gasteiger partial charge on any atom is 0.391 e. The fraction of sp³-hybridized carbons (Fsp3) is 0.556. The van der Waals surface area contributed by atoms with Crippen LogP contribution in [0.2, 0.25) is 0 Å². The van der Waals surface area contributed by atoms with Crippen molar-refractivity contribution in [3.8, 4) is 0 Å². The highest BCUT2D eigenvalue weighted by Gasteiger charge is 2.46. The van der Waals surface area contributed by atoms with Gasteiger partial charge in [0, 0.05) is 18.2 Å². The molecule has 0 amide bonds. The molecule has 1 unspecified atom stereocenters. The van der Waals surface area contributed by atoms with Gasteiger partial charge in [-0.15, -0.1) is 0 Å². The predicted octanol–water partition coefficient (Wildman–Crippen LogP) is 6.79. The molecule has 0 bridgehead atoms. The molecule has 0 aliphatic heterocycles. The van der Waals surface area contributed by atoms with Crippen molar-refractivity contribution >= 4 is 0 Å². The molecule has 34 heavy (non-hydrogen) atoms. The Morgan fingerprint density at radius 2 is 1.62 bits per heavy atom. The minimum atomic E-state index is -4.21. The highest BCUT2D eigenvalue weighted by Crippen LogP contribution is 2.45. The zero-order chi connectivity index (χ0) is 25.1. The molecule has 2 N–H and O–H groups in total. The third-order valence-corrected chi connectivity index (χ3v) is 6.95. The van der Waals surface area contributed by atoms with Crippen LogP contribution in [0.15, 0.2) is 42.5 Å². The monoisotopic (exact) mass is 483 g/mol. The van der Waals surface area contributed by atoms with Gasteiger partial charge in [-0.05, 0) is 72.8 Å². The van der Waals surface area contributed by atoms with Gasteiger partial charge in [-0.25, -0.2) is 8.78 Å². The lowest BCUT2D eigenvalue weighted by Crippen LogP contribution is -2.49. The summed E-state index contributed by atoms with van der Waals surface area (Å²) in [6, 6.07) is 11.2. The van der Waals surface area contributed by atoms with Gasteiger partial charge in [0.1, 0.15) is 11.6 Å². The molecule has 0 heterocycles. The first-order valence-electron chi connectivity index (χ1n) is 11.8. The van der Waals surface area contributed by atoms with Crippen LogP contribution in [-0.2, 0) is 17.4 Å². The largest absolute Gasteiger partial charge is 0.392 e. The number of aliphatic hydroxyl groups excluding tert-OH is 1. The molecule has 1 fully saturated rings. The fourth-order valence-corrected chi connectivity index (χ4v) is 4.79. The standard InChI is InChI=1S/C27H34F5NO/c1-25(2,3)20-5-4-6-21(15-20)26(11-9-19(10-12-26)27(30,31)32)33-17-24(34)8-7-18-13-22(28)16-23(29)14-18/h4-6,13-16,19,24,33-34H,7-12,17H2,1-3H3. The van der Waals surface area contributed by atoms with Gasteiger partial charge in [0.2, 0.25) is 0 Å². The van der Waals surface area contributed by atoms with Crippen LogP contribution in [0, 0.1) is 17.6 Å². The van der Waals surface area contributed by atoms with E-state index in [4.69, 9.17) is 0 Å². The van der Waals surface area contributed by atoms with Crippen LogP contribution in [0.1, 0.15) is 69.6 Å². The minimum Gasteiger partial charge on any atom is -0.392 e. The summed E-state index contributed by atoms with van der Waals surface area (Å²) < 4.78 is 66.8. The first kappa shape index (κ1) is 26.6. The maximum absolute atomic E-state index is 13.4. The van der Waals surface area contributed by atoms with Crippen LogP contribution in [0.3, 0.4) is 0 Å². The van der Waals surface area contributed by atoms with Crippen molar-refractivity contribution < 1.29 is 27.1 Å². The van der Waals surface area contributed by atoms with E-state index in [-0.39, 0.29) is 31.2 Å². The Balaban J connectivity index is 1.74. The summed E-state index contributed by atoms with van der Waals surface area (Å²) >= 11 is 0. The summed E-state index contributed by atoms with van der Waals surface area (Å²) in [4.78, 5) is 0. The lowest BCUT2D eigenvalue weighted by Gasteiger charge is -2.43. The van der Waals surface area contributed by atoms with E-state index in [1.807, 2.05) is 18.2 Å². The summed E-state index contributed by atoms with van der Waals surface area (Å²) in [5.41, 5.74) is 1.70. The van der Waals surface area contributed by atoms with E-state index in [2.05, 4.69) is 32.2 Å². The molecule has 2 aromatic rings. The highest BCUT2D eigenvalue weighted by atomic mass is 19.4. The van der Waals surface area contributed by atoms with Gasteiger partial charge in [0.25, 0.3) is 0 Å². The van der Waals surface area contributed by atoms with Gasteiger partial charge in [-0.2, -0.15) is 13.2 Å². The van der Waals surface area contributed by atoms with Crippen LogP contribution >= 0.6 is 0 Å². The van der Waals surface area contributed by atoms with Crippen molar-refractivity contribution in [1.82, 2.24) is 5.32 Å². The molecule has 1 saturated carbocycles. The van der Waals surface area contributed by atoms with Gasteiger partial charge >= 0.3 is 6.18 Å². The lowest BCUT2D eigenvalue weighted by atomic mass is 9.71. The van der Waals surface area contributed by atoms with Gasteiger partial charge < -0.3 is 10.4 Å². The highest BCUT2D eigenvalue weighted by molar-refractivity contribution is 5.34. The van der Waals surface area contributed by atoms with Crippen molar-refractivity contribution in [3.05, 3.63) is 70.8 Å². The van der Waals surface area contributed by atoms with Crippen LogP contribution < -0.4 is 5.32 Å². The summed E-state index contributed by atoms with van der Waals surface area (Å²) in [6.07, 6.45) is -3.78. The Morgan fingerprint density at radius 1 is 1.00 bits per heavy atom. The molecule has 3 rings (SSSR count). The van der Waals surface area contributed by atoms with Gasteiger partial charge in [-0.3, -0.25) is 0 Å². The van der Waals surface area contributed by atoms with Crippen molar-refractivity contribution in [2.24, 2.45) is 5.92 Å². The van der Waals surface area contributed by atoms with Crippen molar-refractivity contribution in [2.75, 3.05) is 6.54 Å². The molecule has 0 saturated heterocycles. The van der Waals surface area contributed by atoms with E-state index in [9.17, 15) is 27.1 Å². The molecule has 1 aliphatic rings. The summed E-state index contributed by atoms with van der Waals surface area (Å²) in [5.74, 6) is -2.65. The normalized spacial score (nSPS) is 22.6. The van der Waals surface area contributed by atoms with Gasteiger partial charge in [-0.1, -0.05) is 45.0 Å². The molecular weight excluding hydrogens is 449 g/mol. The van der Waals surface area contributed by atoms with E-state index in [0.29, 0.717) is 24.8 Å². The number of benzene rings is 2. The summed E-state index contributed by atoms with van der Waals surface area (Å²) in [7, 11) is 0. The first-order valence-corrected chi connectivity index (χ1v) is 11.8. The zero-order valence-electron chi connectivity index (χ0n) is 20.0. The van der Waals surface area contributed by atoms with Crippen LogP contribution in [0.25, 0.3) is 0 Å². The topological polar surface area (TPSA) is 32.3 Å². The molecule has 0 spiro atoms. The third-order valence-electron chi connectivity index (χ3n) is 6.95. The Kier molecular flexibility index (Phi) is 8.08. The second kappa shape index (κ2) is 10.3. The molecule has 7 heteroatoms. The van der Waals surface area contributed by atoms with Crippen LogP contribution in [0.4, 0.5) is 22.0 Å². The van der Waals surface area contributed by atoms with Gasteiger partial charge in [0.15, 0.2) is 0 Å². The second-order valence-corrected chi connectivity index (χ2v) is 10.6. The fourth-order valence-electron chi connectivity index (χ4n) is 4.79. The number of nitrogens with one attached hydrogen (secondary N) is 1. The maximum atomic E-state index is 13.4. The van der Waals surface area contributed by atoms with Crippen molar-refractivity contribution in [2.45, 2.75) is 82.5 Å². The molecule has 2 aromatic carbocycles. The Labute approximate surface area is 198 Å². The molecule has 1 aliphatic carbocycles. The molecular formula is C27H34F5NO. The Morgan fingerprint density at radius 3 is 2.18 bits per heavy atom. The number of hydrogen-bond donors (Lipinski definition) is 2. The van der Waals surface area contributed by atoms with E-state index in [1.54, 1.807) is 0 Å². The van der Waals surface area contributed by atoms with Gasteiger partial charge in [0.05, 0.1) is 12.0 Å². The molecule has 188 valence electrons. The average molecular weight is 484 g/mol.